The van der Waals surface area contributed by atoms with Gasteiger partial charge >= 0.3 is 6.03 Å². The average Bonchev–Trinajstić information content (AvgIpc) is 2.71. The molecule has 0 saturated carbocycles. The molecule has 4 amide bonds. The van der Waals surface area contributed by atoms with E-state index < -0.39 is 0 Å². The second-order valence-corrected chi connectivity index (χ2v) is 6.93. The Labute approximate surface area is 175 Å². The van der Waals surface area contributed by atoms with Crippen LogP contribution in [-0.2, 0) is 16.0 Å². The second-order valence-electron chi connectivity index (χ2n) is 6.93. The van der Waals surface area contributed by atoms with Gasteiger partial charge in [-0.15, -0.1) is 0 Å². The Morgan fingerprint density at radius 1 is 1.07 bits per heavy atom. The summed E-state index contributed by atoms with van der Waals surface area (Å²) in [4.78, 5) is 35.2. The number of hydrogen-bond donors (Lipinski definition) is 4. The Morgan fingerprint density at radius 3 is 2.67 bits per heavy atom. The number of fused-ring (bicyclic) bond motifs is 1. The van der Waals surface area contributed by atoms with Gasteiger partial charge in [0.05, 0.1) is 6.61 Å². The van der Waals surface area contributed by atoms with E-state index in [1.54, 1.807) is 24.3 Å². The molecule has 0 radical (unpaired) electrons. The Kier molecular flexibility index (Phi) is 7.26. The van der Waals surface area contributed by atoms with E-state index in [9.17, 15) is 14.4 Å². The SMILES string of the molecule is CCNC(=O)Nc1cccc(NC(=O)CCCOc2ccc3c(c2)CCC(=O)N3)c1. The largest absolute Gasteiger partial charge is 0.494 e. The van der Waals surface area contributed by atoms with Gasteiger partial charge in [0.25, 0.3) is 0 Å². The number of amides is 4. The van der Waals surface area contributed by atoms with Gasteiger partial charge in [-0.2, -0.15) is 0 Å². The number of nitrogens with one attached hydrogen (secondary N) is 4. The minimum absolute atomic E-state index is 0.0349. The molecule has 30 heavy (non-hydrogen) atoms. The third-order valence-electron chi connectivity index (χ3n) is 4.53. The van der Waals surface area contributed by atoms with Crippen LogP contribution >= 0.6 is 0 Å². The molecule has 1 heterocycles. The van der Waals surface area contributed by atoms with Crippen molar-refractivity contribution in [2.45, 2.75) is 32.6 Å². The van der Waals surface area contributed by atoms with Gasteiger partial charge in [0, 0.05) is 36.4 Å². The molecule has 1 aliphatic rings. The molecule has 0 spiro atoms. The number of ether oxygens (including phenoxy) is 1. The molecule has 2 aromatic rings. The van der Waals surface area contributed by atoms with Gasteiger partial charge in [-0.25, -0.2) is 4.79 Å². The zero-order valence-electron chi connectivity index (χ0n) is 16.9. The fraction of sp³-hybridized carbons (Fsp3) is 0.318. The summed E-state index contributed by atoms with van der Waals surface area (Å²) >= 11 is 0. The summed E-state index contributed by atoms with van der Waals surface area (Å²) < 4.78 is 5.74. The highest BCUT2D eigenvalue weighted by Gasteiger charge is 2.15. The topological polar surface area (TPSA) is 109 Å². The van der Waals surface area contributed by atoms with Crippen molar-refractivity contribution in [3.63, 3.8) is 0 Å². The maximum absolute atomic E-state index is 12.2. The number of benzene rings is 2. The lowest BCUT2D eigenvalue weighted by molar-refractivity contribution is -0.117. The van der Waals surface area contributed by atoms with Gasteiger partial charge in [0.15, 0.2) is 0 Å². The lowest BCUT2D eigenvalue weighted by atomic mass is 10.0. The fourth-order valence-corrected chi connectivity index (χ4v) is 3.11. The summed E-state index contributed by atoms with van der Waals surface area (Å²) in [6.45, 7) is 2.79. The van der Waals surface area contributed by atoms with E-state index in [-0.39, 0.29) is 17.8 Å². The van der Waals surface area contributed by atoms with Crippen LogP contribution < -0.4 is 26.0 Å². The van der Waals surface area contributed by atoms with Crippen LogP contribution in [0.25, 0.3) is 0 Å². The summed E-state index contributed by atoms with van der Waals surface area (Å²) in [7, 11) is 0. The number of aryl methyl sites for hydroxylation is 1. The minimum Gasteiger partial charge on any atom is -0.494 e. The maximum Gasteiger partial charge on any atom is 0.319 e. The van der Waals surface area contributed by atoms with Crippen LogP contribution in [0.2, 0.25) is 0 Å². The van der Waals surface area contributed by atoms with Crippen LogP contribution in [0, 0.1) is 0 Å². The van der Waals surface area contributed by atoms with Gasteiger partial charge in [0.1, 0.15) is 5.75 Å². The molecule has 1 aliphatic heterocycles. The van der Waals surface area contributed by atoms with Crippen molar-refractivity contribution in [2.75, 3.05) is 29.1 Å². The molecule has 158 valence electrons. The zero-order valence-corrected chi connectivity index (χ0v) is 16.9. The van der Waals surface area contributed by atoms with Crippen molar-refractivity contribution in [3.8, 4) is 5.75 Å². The first-order valence-corrected chi connectivity index (χ1v) is 10.0. The van der Waals surface area contributed by atoms with E-state index in [1.807, 2.05) is 25.1 Å². The quantitative estimate of drug-likeness (QED) is 0.499. The fourth-order valence-electron chi connectivity index (χ4n) is 3.11. The molecule has 2 aromatic carbocycles. The summed E-state index contributed by atoms with van der Waals surface area (Å²) in [5.41, 5.74) is 3.12. The van der Waals surface area contributed by atoms with E-state index in [0.29, 0.717) is 50.2 Å². The highest BCUT2D eigenvalue weighted by atomic mass is 16.5. The van der Waals surface area contributed by atoms with E-state index in [1.165, 1.54) is 0 Å². The predicted octanol–water partition coefficient (Wildman–Crippen LogP) is 3.51. The normalized spacial score (nSPS) is 12.4. The second kappa shape index (κ2) is 10.3. The van der Waals surface area contributed by atoms with Crippen molar-refractivity contribution in [2.24, 2.45) is 0 Å². The first-order valence-electron chi connectivity index (χ1n) is 10.0. The third-order valence-corrected chi connectivity index (χ3v) is 4.53. The zero-order chi connectivity index (χ0) is 21.3. The Bertz CT molecular complexity index is 929. The summed E-state index contributed by atoms with van der Waals surface area (Å²) in [6.07, 6.45) is 2.07. The smallest absolute Gasteiger partial charge is 0.319 e. The monoisotopic (exact) mass is 410 g/mol. The molecule has 8 heteroatoms. The molecule has 0 unspecified atom stereocenters. The van der Waals surface area contributed by atoms with Crippen molar-refractivity contribution < 1.29 is 19.1 Å². The van der Waals surface area contributed by atoms with Crippen molar-refractivity contribution in [1.82, 2.24) is 5.32 Å². The number of hydrogen-bond acceptors (Lipinski definition) is 4. The number of rotatable bonds is 8. The highest BCUT2D eigenvalue weighted by molar-refractivity contribution is 5.94. The van der Waals surface area contributed by atoms with E-state index in [4.69, 9.17) is 4.74 Å². The van der Waals surface area contributed by atoms with Crippen LogP contribution in [0.3, 0.4) is 0 Å². The molecule has 0 saturated heterocycles. The Hall–Kier alpha value is -3.55. The van der Waals surface area contributed by atoms with Gasteiger partial charge in [-0.1, -0.05) is 6.07 Å². The van der Waals surface area contributed by atoms with Crippen LogP contribution in [0.1, 0.15) is 31.7 Å². The number of carbonyl (C=O) groups excluding carboxylic acids is 3. The third kappa shape index (κ3) is 6.23. The number of urea groups is 1. The van der Waals surface area contributed by atoms with Crippen LogP contribution in [-0.4, -0.2) is 31.0 Å². The minimum atomic E-state index is -0.289. The lowest BCUT2D eigenvalue weighted by Gasteiger charge is -2.17. The van der Waals surface area contributed by atoms with Crippen molar-refractivity contribution >= 4 is 34.9 Å². The number of carbonyl (C=O) groups is 3. The van der Waals surface area contributed by atoms with Crippen molar-refractivity contribution in [1.29, 1.82) is 0 Å². The molecular weight excluding hydrogens is 384 g/mol. The van der Waals surface area contributed by atoms with Crippen LogP contribution in [0.4, 0.5) is 21.9 Å². The molecule has 0 aromatic heterocycles. The van der Waals surface area contributed by atoms with Crippen molar-refractivity contribution in [3.05, 3.63) is 48.0 Å². The van der Waals surface area contributed by atoms with Gasteiger partial charge in [-0.05, 0) is 61.7 Å². The molecule has 0 aliphatic carbocycles. The summed E-state index contributed by atoms with van der Waals surface area (Å²) in [6, 6.07) is 12.3. The molecule has 0 bridgehead atoms. The lowest BCUT2D eigenvalue weighted by Crippen LogP contribution is -2.28. The van der Waals surface area contributed by atoms with Gasteiger partial charge in [-0.3, -0.25) is 9.59 Å². The molecule has 3 rings (SSSR count). The summed E-state index contributed by atoms with van der Waals surface area (Å²) in [5, 5.41) is 11.0. The van der Waals surface area contributed by atoms with E-state index >= 15 is 0 Å². The predicted molar refractivity (Wildman–Crippen MR) is 116 cm³/mol. The Balaban J connectivity index is 1.41. The van der Waals surface area contributed by atoms with Gasteiger partial charge in [0.2, 0.25) is 11.8 Å². The highest BCUT2D eigenvalue weighted by Crippen LogP contribution is 2.26. The average molecular weight is 410 g/mol. The first kappa shape index (κ1) is 21.2. The standard InChI is InChI=1S/C22H26N4O4/c1-2-23-22(29)25-17-6-3-5-16(14-17)24-20(27)7-4-12-30-18-9-10-19-15(13-18)8-11-21(28)26-19/h3,5-6,9-10,13-14H,2,4,7-8,11-12H2,1H3,(H,24,27)(H,26,28)(H2,23,25,29). The maximum atomic E-state index is 12.2. The molecular formula is C22H26N4O4. The van der Waals surface area contributed by atoms with Gasteiger partial charge < -0.3 is 26.0 Å². The van der Waals surface area contributed by atoms with Crippen LogP contribution in [0.15, 0.2) is 42.5 Å². The van der Waals surface area contributed by atoms with Crippen LogP contribution in [0.5, 0.6) is 5.75 Å². The molecule has 4 N–H and O–H groups in total. The molecule has 0 atom stereocenters. The van der Waals surface area contributed by atoms with E-state index in [2.05, 4.69) is 21.3 Å². The molecule has 8 nitrogen and oxygen atoms in total. The first-order chi connectivity index (χ1) is 14.5. The number of anilines is 3. The Morgan fingerprint density at radius 2 is 1.87 bits per heavy atom. The molecule has 0 fully saturated rings. The van der Waals surface area contributed by atoms with E-state index in [0.717, 1.165) is 17.0 Å². The summed E-state index contributed by atoms with van der Waals surface area (Å²) in [5.74, 6) is 0.643.